The SMILES string of the molecule is CC(C)N1CCCC1.CCCC(=O)N1CCN(CC)CC1. The van der Waals surface area contributed by atoms with E-state index < -0.39 is 0 Å². The number of hydrogen-bond acceptors (Lipinski definition) is 3. The third-order valence-electron chi connectivity index (χ3n) is 4.51. The van der Waals surface area contributed by atoms with Crippen LogP contribution in [0.1, 0.15) is 53.4 Å². The standard InChI is InChI=1S/C10H20N2O.C7H15N/c1-3-5-10(13)12-8-6-11(4-2)7-9-12;1-7(2)8-5-3-4-6-8/h3-9H2,1-2H3;7H,3-6H2,1-2H3. The van der Waals surface area contributed by atoms with Crippen LogP contribution in [0.4, 0.5) is 0 Å². The highest BCUT2D eigenvalue weighted by Crippen LogP contribution is 2.10. The summed E-state index contributed by atoms with van der Waals surface area (Å²) in [6.45, 7) is 16.5. The van der Waals surface area contributed by atoms with Crippen LogP contribution in [-0.2, 0) is 4.79 Å². The van der Waals surface area contributed by atoms with Crippen LogP contribution in [0.3, 0.4) is 0 Å². The summed E-state index contributed by atoms with van der Waals surface area (Å²) in [7, 11) is 0. The van der Waals surface area contributed by atoms with E-state index in [0.717, 1.165) is 45.2 Å². The van der Waals surface area contributed by atoms with Crippen molar-refractivity contribution in [1.29, 1.82) is 0 Å². The number of amides is 1. The van der Waals surface area contributed by atoms with Crippen LogP contribution in [0.15, 0.2) is 0 Å². The van der Waals surface area contributed by atoms with Crippen LogP contribution in [0.25, 0.3) is 0 Å². The summed E-state index contributed by atoms with van der Waals surface area (Å²) >= 11 is 0. The molecule has 0 saturated carbocycles. The maximum absolute atomic E-state index is 11.5. The zero-order chi connectivity index (χ0) is 15.7. The van der Waals surface area contributed by atoms with Gasteiger partial charge in [0.2, 0.25) is 5.91 Å². The first-order valence-corrected chi connectivity index (χ1v) is 8.82. The molecule has 0 spiro atoms. The van der Waals surface area contributed by atoms with Gasteiger partial charge in [0.15, 0.2) is 0 Å². The number of nitrogens with zero attached hydrogens (tertiary/aromatic N) is 3. The van der Waals surface area contributed by atoms with Crippen molar-refractivity contribution in [2.75, 3.05) is 45.8 Å². The summed E-state index contributed by atoms with van der Waals surface area (Å²) in [5.74, 6) is 0.332. The van der Waals surface area contributed by atoms with E-state index >= 15 is 0 Å². The first-order chi connectivity index (χ1) is 10.1. The summed E-state index contributed by atoms with van der Waals surface area (Å²) in [6, 6.07) is 0.775. The van der Waals surface area contributed by atoms with Crippen LogP contribution < -0.4 is 0 Å². The molecule has 0 bridgehead atoms. The molecule has 0 aliphatic carbocycles. The minimum absolute atomic E-state index is 0.332. The first kappa shape index (κ1) is 18.4. The molecule has 2 fully saturated rings. The predicted molar refractivity (Wildman–Crippen MR) is 89.5 cm³/mol. The van der Waals surface area contributed by atoms with Crippen molar-refractivity contribution >= 4 is 5.91 Å². The van der Waals surface area contributed by atoms with E-state index in [0.29, 0.717) is 12.3 Å². The molecule has 2 aliphatic heterocycles. The Kier molecular flexibility index (Phi) is 8.93. The third kappa shape index (κ3) is 6.79. The molecule has 0 aromatic rings. The van der Waals surface area contributed by atoms with Gasteiger partial charge in [0.25, 0.3) is 0 Å². The van der Waals surface area contributed by atoms with Gasteiger partial charge in [0.05, 0.1) is 0 Å². The molecule has 124 valence electrons. The molecule has 2 aliphatic rings. The normalized spacial score (nSPS) is 20.5. The van der Waals surface area contributed by atoms with E-state index in [-0.39, 0.29) is 0 Å². The van der Waals surface area contributed by atoms with Crippen LogP contribution in [0, 0.1) is 0 Å². The van der Waals surface area contributed by atoms with Gasteiger partial charge in [-0.2, -0.15) is 0 Å². The first-order valence-electron chi connectivity index (χ1n) is 8.82. The quantitative estimate of drug-likeness (QED) is 0.797. The molecule has 0 N–H and O–H groups in total. The maximum atomic E-state index is 11.5. The summed E-state index contributed by atoms with van der Waals surface area (Å²) in [5, 5.41) is 0. The Morgan fingerprint density at radius 3 is 1.90 bits per heavy atom. The van der Waals surface area contributed by atoms with Crippen molar-refractivity contribution in [3.8, 4) is 0 Å². The fourth-order valence-electron chi connectivity index (χ4n) is 2.94. The highest BCUT2D eigenvalue weighted by Gasteiger charge is 2.18. The summed E-state index contributed by atoms with van der Waals surface area (Å²) in [5.41, 5.74) is 0. The summed E-state index contributed by atoms with van der Waals surface area (Å²) < 4.78 is 0. The topological polar surface area (TPSA) is 26.8 Å². The van der Waals surface area contributed by atoms with Gasteiger partial charge in [-0.25, -0.2) is 0 Å². The monoisotopic (exact) mass is 297 g/mol. The number of rotatable bonds is 4. The van der Waals surface area contributed by atoms with Crippen LogP contribution in [0.5, 0.6) is 0 Å². The van der Waals surface area contributed by atoms with Crippen LogP contribution >= 0.6 is 0 Å². The molecular formula is C17H35N3O. The molecule has 1 amide bonds. The lowest BCUT2D eigenvalue weighted by Crippen LogP contribution is -2.48. The van der Waals surface area contributed by atoms with Gasteiger partial charge in [-0.05, 0) is 52.7 Å². The maximum Gasteiger partial charge on any atom is 0.222 e. The summed E-state index contributed by atoms with van der Waals surface area (Å²) in [6.07, 6.45) is 4.51. The van der Waals surface area contributed by atoms with Gasteiger partial charge in [0.1, 0.15) is 0 Å². The largest absolute Gasteiger partial charge is 0.340 e. The van der Waals surface area contributed by atoms with E-state index in [1.165, 1.54) is 25.9 Å². The molecule has 0 radical (unpaired) electrons. The van der Waals surface area contributed by atoms with E-state index in [9.17, 15) is 4.79 Å². The van der Waals surface area contributed by atoms with Crippen molar-refractivity contribution in [1.82, 2.24) is 14.7 Å². The lowest BCUT2D eigenvalue weighted by atomic mass is 10.2. The minimum atomic E-state index is 0.332. The number of likely N-dealkylation sites (tertiary alicyclic amines) is 1. The van der Waals surface area contributed by atoms with Gasteiger partial charge in [-0.1, -0.05) is 13.8 Å². The Labute approximate surface area is 131 Å². The molecule has 2 heterocycles. The zero-order valence-electron chi connectivity index (χ0n) is 14.6. The zero-order valence-corrected chi connectivity index (χ0v) is 14.6. The molecule has 0 atom stereocenters. The lowest BCUT2D eigenvalue weighted by Gasteiger charge is -2.34. The van der Waals surface area contributed by atoms with Crippen molar-refractivity contribution < 1.29 is 4.79 Å². The van der Waals surface area contributed by atoms with Gasteiger partial charge < -0.3 is 14.7 Å². The average Bonchev–Trinajstić information content (AvgIpc) is 3.03. The van der Waals surface area contributed by atoms with Crippen molar-refractivity contribution in [2.24, 2.45) is 0 Å². The van der Waals surface area contributed by atoms with E-state index in [2.05, 4.69) is 37.5 Å². The Balaban J connectivity index is 0.000000235. The predicted octanol–water partition coefficient (Wildman–Crippen LogP) is 2.44. The van der Waals surface area contributed by atoms with Gasteiger partial charge >= 0.3 is 0 Å². The molecule has 0 aromatic carbocycles. The number of carbonyl (C=O) groups excluding carboxylic acids is 1. The Hall–Kier alpha value is -0.610. The third-order valence-corrected chi connectivity index (χ3v) is 4.51. The molecule has 2 saturated heterocycles. The van der Waals surface area contributed by atoms with Crippen LogP contribution in [-0.4, -0.2) is 72.5 Å². The smallest absolute Gasteiger partial charge is 0.222 e. The molecular weight excluding hydrogens is 262 g/mol. The lowest BCUT2D eigenvalue weighted by molar-refractivity contribution is -0.132. The Morgan fingerprint density at radius 1 is 0.952 bits per heavy atom. The minimum Gasteiger partial charge on any atom is -0.340 e. The number of likely N-dealkylation sites (N-methyl/N-ethyl adjacent to an activating group) is 1. The second-order valence-electron chi connectivity index (χ2n) is 6.40. The molecule has 0 aromatic heterocycles. The van der Waals surface area contributed by atoms with E-state index in [1.807, 2.05) is 4.90 Å². The average molecular weight is 297 g/mol. The number of piperazine rings is 1. The Morgan fingerprint density at radius 2 is 1.52 bits per heavy atom. The highest BCUT2D eigenvalue weighted by atomic mass is 16.2. The van der Waals surface area contributed by atoms with Crippen molar-refractivity contribution in [3.05, 3.63) is 0 Å². The fourth-order valence-corrected chi connectivity index (χ4v) is 2.94. The van der Waals surface area contributed by atoms with Crippen molar-refractivity contribution in [3.63, 3.8) is 0 Å². The van der Waals surface area contributed by atoms with E-state index in [4.69, 9.17) is 0 Å². The van der Waals surface area contributed by atoms with Crippen molar-refractivity contribution in [2.45, 2.75) is 59.4 Å². The summed E-state index contributed by atoms with van der Waals surface area (Å²) in [4.78, 5) is 18.4. The van der Waals surface area contributed by atoms with Crippen LogP contribution in [0.2, 0.25) is 0 Å². The number of hydrogen-bond donors (Lipinski definition) is 0. The molecule has 21 heavy (non-hydrogen) atoms. The fraction of sp³-hybridized carbons (Fsp3) is 0.941. The van der Waals surface area contributed by atoms with Gasteiger partial charge in [0, 0.05) is 38.6 Å². The molecule has 4 heteroatoms. The van der Waals surface area contributed by atoms with E-state index in [1.54, 1.807) is 0 Å². The van der Waals surface area contributed by atoms with Gasteiger partial charge in [-0.15, -0.1) is 0 Å². The molecule has 4 nitrogen and oxygen atoms in total. The Bertz CT molecular complexity index is 280. The highest BCUT2D eigenvalue weighted by molar-refractivity contribution is 5.76. The van der Waals surface area contributed by atoms with Gasteiger partial charge in [-0.3, -0.25) is 4.79 Å². The second-order valence-corrected chi connectivity index (χ2v) is 6.40. The second kappa shape index (κ2) is 10.2. The molecule has 0 unspecified atom stereocenters. The molecule has 2 rings (SSSR count). The number of carbonyl (C=O) groups is 1.